The van der Waals surface area contributed by atoms with E-state index in [4.69, 9.17) is 9.47 Å². The van der Waals surface area contributed by atoms with Crippen LogP contribution in [0.5, 0.6) is 11.5 Å². The van der Waals surface area contributed by atoms with E-state index in [1.54, 1.807) is 67.8 Å². The van der Waals surface area contributed by atoms with Gasteiger partial charge in [0.15, 0.2) is 0 Å². The van der Waals surface area contributed by atoms with Crippen molar-refractivity contribution in [2.45, 2.75) is 9.79 Å². The molecule has 150 valence electrons. The van der Waals surface area contributed by atoms with Crippen LogP contribution in [0.25, 0.3) is 4.91 Å². The van der Waals surface area contributed by atoms with Crippen molar-refractivity contribution in [3.8, 4) is 11.5 Å². The molecule has 29 heavy (non-hydrogen) atoms. The Kier molecular flexibility index (Phi) is 6.51. The van der Waals surface area contributed by atoms with Crippen molar-refractivity contribution in [2.24, 2.45) is 0 Å². The third-order valence-electron chi connectivity index (χ3n) is 4.18. The summed E-state index contributed by atoms with van der Waals surface area (Å²) in [5.74, 6) is 1.18. The number of hydrogen-bond acceptors (Lipinski definition) is 5. The molecule has 0 aliphatic rings. The van der Waals surface area contributed by atoms with Crippen molar-refractivity contribution in [1.29, 1.82) is 0 Å². The average Bonchev–Trinajstić information content (AvgIpc) is 2.77. The lowest BCUT2D eigenvalue weighted by Crippen LogP contribution is -2.03. The highest BCUT2D eigenvalue weighted by Crippen LogP contribution is 2.28. The molecule has 3 aromatic carbocycles. The second-order valence-electron chi connectivity index (χ2n) is 6.01. The maximum atomic E-state index is 13.3. The normalized spacial score (nSPS) is 13.0. The number of rotatable bonds is 7. The van der Waals surface area contributed by atoms with Gasteiger partial charge in [-0.3, -0.25) is 0 Å². The summed E-state index contributed by atoms with van der Waals surface area (Å²) >= 11 is 0. The van der Waals surface area contributed by atoms with Gasteiger partial charge in [0.1, 0.15) is 11.5 Å². The molecule has 3 aromatic rings. The van der Waals surface area contributed by atoms with Crippen LogP contribution >= 0.6 is 0 Å². The van der Waals surface area contributed by atoms with Crippen LogP contribution in [-0.2, 0) is 20.6 Å². The van der Waals surface area contributed by atoms with E-state index in [1.807, 2.05) is 6.07 Å². The second kappa shape index (κ2) is 9.07. The molecule has 0 radical (unpaired) electrons. The van der Waals surface area contributed by atoms with E-state index in [0.29, 0.717) is 22.0 Å². The topological polar surface area (TPSA) is 69.7 Å². The van der Waals surface area contributed by atoms with Gasteiger partial charge in [-0.25, -0.2) is 12.6 Å². The third-order valence-corrected chi connectivity index (χ3v) is 7.26. The Morgan fingerprint density at radius 1 is 0.793 bits per heavy atom. The summed E-state index contributed by atoms with van der Waals surface area (Å²) in [6.07, 6.45) is 0. The molecule has 1 atom stereocenters. The first-order chi connectivity index (χ1) is 13.9. The van der Waals surface area contributed by atoms with E-state index in [0.717, 1.165) is 5.41 Å². The lowest BCUT2D eigenvalue weighted by atomic mass is 10.2. The van der Waals surface area contributed by atoms with Gasteiger partial charge in [0.25, 0.3) is 0 Å². The smallest absolute Gasteiger partial charge is 0.201 e. The van der Waals surface area contributed by atoms with Gasteiger partial charge in [-0.1, -0.05) is 30.3 Å². The van der Waals surface area contributed by atoms with E-state index >= 15 is 0 Å². The first kappa shape index (κ1) is 20.8. The zero-order valence-electron chi connectivity index (χ0n) is 15.9. The van der Waals surface area contributed by atoms with Crippen molar-refractivity contribution in [3.63, 3.8) is 0 Å². The molecule has 0 spiro atoms. The largest absolute Gasteiger partial charge is 0.497 e. The number of hydrogen-bond donors (Lipinski definition) is 0. The SMILES string of the molecule is COc1ccc(S(=O)/C(=C/S(=O)(=O)c2ccc(OC)cc2)c2ccccc2)cc1. The van der Waals surface area contributed by atoms with E-state index in [9.17, 15) is 12.6 Å². The fourth-order valence-electron chi connectivity index (χ4n) is 2.62. The van der Waals surface area contributed by atoms with Crippen molar-refractivity contribution >= 4 is 25.5 Å². The molecule has 3 rings (SSSR count). The molecule has 0 N–H and O–H groups in total. The Morgan fingerprint density at radius 3 is 1.83 bits per heavy atom. The van der Waals surface area contributed by atoms with Gasteiger partial charge in [0.05, 0.1) is 40.2 Å². The summed E-state index contributed by atoms with van der Waals surface area (Å²) in [4.78, 5) is 0.774. The maximum Gasteiger partial charge on any atom is 0.201 e. The van der Waals surface area contributed by atoms with Gasteiger partial charge in [-0.15, -0.1) is 0 Å². The molecular formula is C22H20O5S2. The van der Waals surface area contributed by atoms with Crippen LogP contribution < -0.4 is 9.47 Å². The number of sulfone groups is 1. The lowest BCUT2D eigenvalue weighted by molar-refractivity contribution is 0.414. The highest BCUT2D eigenvalue weighted by Gasteiger charge is 2.19. The fraction of sp³-hybridized carbons (Fsp3) is 0.0909. The van der Waals surface area contributed by atoms with Crippen LogP contribution in [0.2, 0.25) is 0 Å². The summed E-state index contributed by atoms with van der Waals surface area (Å²) in [6.45, 7) is 0. The molecule has 5 nitrogen and oxygen atoms in total. The molecule has 0 heterocycles. The third kappa shape index (κ3) is 4.93. The lowest BCUT2D eigenvalue weighted by Gasteiger charge is -2.10. The van der Waals surface area contributed by atoms with E-state index in [2.05, 4.69) is 0 Å². The molecule has 0 bridgehead atoms. The quantitative estimate of drug-likeness (QED) is 0.562. The van der Waals surface area contributed by atoms with Crippen molar-refractivity contribution in [2.75, 3.05) is 14.2 Å². The molecule has 0 fully saturated rings. The minimum absolute atomic E-state index is 0.0958. The summed E-state index contributed by atoms with van der Waals surface area (Å²) in [7, 11) is -2.49. The van der Waals surface area contributed by atoms with Gasteiger partial charge in [-0.2, -0.15) is 0 Å². The van der Waals surface area contributed by atoms with E-state index in [1.165, 1.54) is 19.2 Å². The number of methoxy groups -OCH3 is 2. The first-order valence-corrected chi connectivity index (χ1v) is 11.4. The van der Waals surface area contributed by atoms with Crippen LogP contribution in [0.3, 0.4) is 0 Å². The highest BCUT2D eigenvalue weighted by atomic mass is 32.2. The fourth-order valence-corrected chi connectivity index (χ4v) is 5.41. The molecule has 7 heteroatoms. The minimum atomic E-state index is -3.83. The zero-order chi connectivity index (χ0) is 20.9. The van der Waals surface area contributed by atoms with E-state index in [-0.39, 0.29) is 9.80 Å². The van der Waals surface area contributed by atoms with Gasteiger partial charge in [0.2, 0.25) is 9.84 Å². The summed E-state index contributed by atoms with van der Waals surface area (Å²) in [5, 5.41) is 1.07. The Labute approximate surface area is 173 Å². The van der Waals surface area contributed by atoms with Crippen molar-refractivity contribution < 1.29 is 22.1 Å². The van der Waals surface area contributed by atoms with Crippen LogP contribution in [-0.4, -0.2) is 26.8 Å². The Morgan fingerprint density at radius 2 is 1.31 bits per heavy atom. The number of ether oxygens (including phenoxy) is 2. The van der Waals surface area contributed by atoms with Gasteiger partial charge < -0.3 is 9.47 Å². The van der Waals surface area contributed by atoms with Gasteiger partial charge in [-0.05, 0) is 54.1 Å². The van der Waals surface area contributed by atoms with E-state index < -0.39 is 20.6 Å². The molecule has 0 saturated carbocycles. The molecule has 0 amide bonds. The molecule has 0 aliphatic heterocycles. The van der Waals surface area contributed by atoms with Crippen LogP contribution in [0.4, 0.5) is 0 Å². The maximum absolute atomic E-state index is 13.3. The standard InChI is InChI=1S/C22H20O5S2/c1-26-18-8-12-20(13-9-18)28(23)22(17-6-4-3-5-7-17)16-29(24,25)21-14-10-19(27-2)11-15-21/h3-16H,1-2H3/b22-16+. The Balaban J connectivity index is 2.08. The zero-order valence-corrected chi connectivity index (χ0v) is 17.6. The highest BCUT2D eigenvalue weighted by molar-refractivity contribution is 7.99. The first-order valence-electron chi connectivity index (χ1n) is 8.66. The van der Waals surface area contributed by atoms with Gasteiger partial charge in [0, 0.05) is 4.90 Å². The molecule has 0 aliphatic carbocycles. The molecule has 1 unspecified atom stereocenters. The molecular weight excluding hydrogens is 408 g/mol. The van der Waals surface area contributed by atoms with Crippen LogP contribution in [0, 0.1) is 0 Å². The second-order valence-corrected chi connectivity index (χ2v) is 9.26. The molecule has 0 aromatic heterocycles. The molecule has 0 saturated heterocycles. The monoisotopic (exact) mass is 428 g/mol. The summed E-state index contributed by atoms with van der Waals surface area (Å²) in [6, 6.07) is 21.6. The summed E-state index contributed by atoms with van der Waals surface area (Å²) < 4.78 is 49.4. The van der Waals surface area contributed by atoms with Crippen molar-refractivity contribution in [1.82, 2.24) is 0 Å². The predicted molar refractivity (Wildman–Crippen MR) is 114 cm³/mol. The average molecular weight is 429 g/mol. The Bertz CT molecular complexity index is 1120. The predicted octanol–water partition coefficient (Wildman–Crippen LogP) is 4.28. The Hall–Kier alpha value is -2.90. The summed E-state index contributed by atoms with van der Waals surface area (Å²) in [5.41, 5.74) is 0.568. The van der Waals surface area contributed by atoms with Crippen LogP contribution in [0.1, 0.15) is 5.56 Å². The van der Waals surface area contributed by atoms with Crippen molar-refractivity contribution in [3.05, 3.63) is 89.8 Å². The van der Waals surface area contributed by atoms with Gasteiger partial charge >= 0.3 is 0 Å². The number of benzene rings is 3. The minimum Gasteiger partial charge on any atom is -0.497 e. The van der Waals surface area contributed by atoms with Crippen LogP contribution in [0.15, 0.2) is 94.1 Å².